The number of benzene rings is 1. The van der Waals surface area contributed by atoms with E-state index >= 15 is 0 Å². The summed E-state index contributed by atoms with van der Waals surface area (Å²) in [4.78, 5) is 25.5. The Kier molecular flexibility index (Phi) is 3.52. The van der Waals surface area contributed by atoms with Gasteiger partial charge in [-0.2, -0.15) is 0 Å². The van der Waals surface area contributed by atoms with Crippen molar-refractivity contribution in [3.8, 4) is 0 Å². The van der Waals surface area contributed by atoms with Crippen molar-refractivity contribution in [3.05, 3.63) is 56.9 Å². The summed E-state index contributed by atoms with van der Waals surface area (Å²) in [5.74, 6) is -0.425. The molecule has 0 atom stereocenters. The number of hydrogen-bond donors (Lipinski definition) is 0. The van der Waals surface area contributed by atoms with Crippen LogP contribution in [0.4, 0.5) is 5.82 Å². The van der Waals surface area contributed by atoms with E-state index in [-0.39, 0.29) is 22.9 Å². The summed E-state index contributed by atoms with van der Waals surface area (Å²) < 4.78 is 1.66. The molecule has 2 rings (SSSR count). The molecule has 7 heteroatoms. The van der Waals surface area contributed by atoms with Crippen LogP contribution in [-0.2, 0) is 6.54 Å². The first kappa shape index (κ1) is 12.4. The molecule has 1 aromatic carbocycles. The minimum atomic E-state index is -0.603. The summed E-state index contributed by atoms with van der Waals surface area (Å²) in [5, 5.41) is 10.5. The van der Waals surface area contributed by atoms with Gasteiger partial charge in [0.1, 0.15) is 6.20 Å². The first-order valence-electron chi connectivity index (χ1n) is 5.03. The highest BCUT2D eigenvalue weighted by atomic mass is 79.9. The Labute approximate surface area is 111 Å². The first-order chi connectivity index (χ1) is 8.58. The molecule has 2 aromatic rings. The van der Waals surface area contributed by atoms with Crippen LogP contribution in [0, 0.1) is 10.1 Å². The van der Waals surface area contributed by atoms with E-state index in [0.717, 1.165) is 0 Å². The van der Waals surface area contributed by atoms with E-state index in [2.05, 4.69) is 20.9 Å². The van der Waals surface area contributed by atoms with Gasteiger partial charge in [-0.1, -0.05) is 30.3 Å². The van der Waals surface area contributed by atoms with Crippen molar-refractivity contribution in [1.29, 1.82) is 0 Å². The van der Waals surface area contributed by atoms with Crippen LogP contribution in [0.1, 0.15) is 10.4 Å². The van der Waals surface area contributed by atoms with Gasteiger partial charge in [-0.25, -0.2) is 0 Å². The standard InChI is InChI=1S/C11H8BrN3O3/c12-11-13-10(15(17)18)7-14(11)6-9(16)8-4-2-1-3-5-8/h1-5,7H,6H2. The predicted octanol–water partition coefficient (Wildman–Crippen LogP) is 2.44. The van der Waals surface area contributed by atoms with Crippen molar-refractivity contribution in [1.82, 2.24) is 9.55 Å². The molecular formula is C11H8BrN3O3. The molecule has 0 saturated heterocycles. The Morgan fingerprint density at radius 3 is 2.61 bits per heavy atom. The van der Waals surface area contributed by atoms with Crippen LogP contribution in [-0.4, -0.2) is 20.3 Å². The third-order valence-corrected chi connectivity index (χ3v) is 2.94. The lowest BCUT2D eigenvalue weighted by Gasteiger charge is -2.01. The van der Waals surface area contributed by atoms with E-state index in [0.29, 0.717) is 5.56 Å². The van der Waals surface area contributed by atoms with Gasteiger partial charge in [0.2, 0.25) is 0 Å². The summed E-state index contributed by atoms with van der Waals surface area (Å²) in [6, 6.07) is 8.73. The van der Waals surface area contributed by atoms with Crippen molar-refractivity contribution in [3.63, 3.8) is 0 Å². The number of ketones is 1. The lowest BCUT2D eigenvalue weighted by Crippen LogP contribution is -2.09. The molecule has 6 nitrogen and oxygen atoms in total. The van der Waals surface area contributed by atoms with Crippen LogP contribution in [0.15, 0.2) is 41.3 Å². The predicted molar refractivity (Wildman–Crippen MR) is 67.4 cm³/mol. The van der Waals surface area contributed by atoms with Crippen molar-refractivity contribution < 1.29 is 9.72 Å². The van der Waals surface area contributed by atoms with Gasteiger partial charge in [0.25, 0.3) is 4.73 Å². The SMILES string of the molecule is O=C(Cn1cc([N+](=O)[O-])nc1Br)c1ccccc1. The molecule has 0 fully saturated rings. The summed E-state index contributed by atoms with van der Waals surface area (Å²) in [7, 11) is 0. The molecule has 0 unspecified atom stereocenters. The first-order valence-corrected chi connectivity index (χ1v) is 5.82. The lowest BCUT2D eigenvalue weighted by atomic mass is 10.1. The molecule has 0 aliphatic carbocycles. The molecule has 1 aromatic heterocycles. The van der Waals surface area contributed by atoms with Crippen LogP contribution >= 0.6 is 15.9 Å². The number of hydrogen-bond acceptors (Lipinski definition) is 4. The summed E-state index contributed by atoms with van der Waals surface area (Å²) >= 11 is 3.08. The Morgan fingerprint density at radius 2 is 2.06 bits per heavy atom. The number of nitrogens with zero attached hydrogens (tertiary/aromatic N) is 3. The van der Waals surface area contributed by atoms with Crippen LogP contribution in [0.3, 0.4) is 0 Å². The van der Waals surface area contributed by atoms with E-state index in [1.165, 1.54) is 10.8 Å². The van der Waals surface area contributed by atoms with Crippen LogP contribution in [0.2, 0.25) is 0 Å². The maximum atomic E-state index is 11.9. The fourth-order valence-electron chi connectivity index (χ4n) is 1.45. The van der Waals surface area contributed by atoms with Gasteiger partial charge in [-0.3, -0.25) is 9.36 Å². The van der Waals surface area contributed by atoms with Crippen molar-refractivity contribution >= 4 is 27.5 Å². The molecule has 0 aliphatic rings. The molecule has 1 heterocycles. The largest absolute Gasteiger partial charge is 0.382 e. The van der Waals surface area contributed by atoms with Crippen molar-refractivity contribution in [2.24, 2.45) is 0 Å². The average Bonchev–Trinajstić information content (AvgIpc) is 2.72. The number of carbonyl (C=O) groups excluding carboxylic acids is 1. The molecule has 0 spiro atoms. The zero-order chi connectivity index (χ0) is 13.1. The fourth-order valence-corrected chi connectivity index (χ4v) is 1.86. The third-order valence-electron chi connectivity index (χ3n) is 2.31. The number of rotatable bonds is 4. The van der Waals surface area contributed by atoms with E-state index < -0.39 is 4.92 Å². The third kappa shape index (κ3) is 2.62. The van der Waals surface area contributed by atoms with E-state index in [1.54, 1.807) is 24.3 Å². The van der Waals surface area contributed by atoms with Crippen LogP contribution < -0.4 is 0 Å². The number of imidazole rings is 1. The lowest BCUT2D eigenvalue weighted by molar-refractivity contribution is -0.389. The highest BCUT2D eigenvalue weighted by molar-refractivity contribution is 9.10. The highest BCUT2D eigenvalue weighted by Crippen LogP contribution is 2.16. The molecule has 0 radical (unpaired) electrons. The van der Waals surface area contributed by atoms with Gasteiger partial charge in [0.15, 0.2) is 5.78 Å². The number of carbonyl (C=O) groups is 1. The molecule has 0 bridgehead atoms. The second kappa shape index (κ2) is 5.09. The highest BCUT2D eigenvalue weighted by Gasteiger charge is 2.18. The number of halogens is 1. The molecule has 0 saturated carbocycles. The Balaban J connectivity index is 2.20. The van der Waals surface area contributed by atoms with E-state index in [1.807, 2.05) is 6.07 Å². The van der Waals surface area contributed by atoms with Crippen molar-refractivity contribution in [2.45, 2.75) is 6.54 Å². The maximum Gasteiger partial charge on any atom is 0.382 e. The molecule has 0 amide bonds. The average molecular weight is 310 g/mol. The van der Waals surface area contributed by atoms with E-state index in [4.69, 9.17) is 0 Å². The van der Waals surface area contributed by atoms with Gasteiger partial charge in [0.05, 0.1) is 6.54 Å². The second-order valence-corrected chi connectivity index (χ2v) is 4.25. The van der Waals surface area contributed by atoms with Crippen molar-refractivity contribution in [2.75, 3.05) is 0 Å². The molecule has 92 valence electrons. The maximum absolute atomic E-state index is 11.9. The molecule has 0 aliphatic heterocycles. The van der Waals surface area contributed by atoms with Gasteiger partial charge in [0, 0.05) is 21.5 Å². The number of nitro groups is 1. The summed E-state index contributed by atoms with van der Waals surface area (Å²) in [6.45, 7) is 0.00539. The minimum absolute atomic E-state index is 0.00539. The number of aromatic nitrogens is 2. The van der Waals surface area contributed by atoms with Gasteiger partial charge in [-0.15, -0.1) is 0 Å². The van der Waals surface area contributed by atoms with Gasteiger partial charge in [-0.05, 0) is 9.91 Å². The second-order valence-electron chi connectivity index (χ2n) is 3.54. The Morgan fingerprint density at radius 1 is 1.39 bits per heavy atom. The molecule has 0 N–H and O–H groups in total. The Hall–Kier alpha value is -2.02. The van der Waals surface area contributed by atoms with Crippen LogP contribution in [0.25, 0.3) is 0 Å². The Bertz CT molecular complexity index is 595. The quantitative estimate of drug-likeness (QED) is 0.493. The topological polar surface area (TPSA) is 78.0 Å². The van der Waals surface area contributed by atoms with Crippen LogP contribution in [0.5, 0.6) is 0 Å². The normalized spacial score (nSPS) is 10.3. The molecular weight excluding hydrogens is 302 g/mol. The fraction of sp³-hybridized carbons (Fsp3) is 0.0909. The minimum Gasteiger partial charge on any atom is -0.358 e. The molecule has 18 heavy (non-hydrogen) atoms. The zero-order valence-electron chi connectivity index (χ0n) is 9.12. The monoisotopic (exact) mass is 309 g/mol. The number of Topliss-reactive ketones (excluding diaryl/α,β-unsaturated/α-hetero) is 1. The van der Waals surface area contributed by atoms with Gasteiger partial charge < -0.3 is 10.1 Å². The van der Waals surface area contributed by atoms with E-state index in [9.17, 15) is 14.9 Å². The summed E-state index contributed by atoms with van der Waals surface area (Å²) in [6.07, 6.45) is 1.23. The zero-order valence-corrected chi connectivity index (χ0v) is 10.7. The smallest absolute Gasteiger partial charge is 0.358 e. The summed E-state index contributed by atoms with van der Waals surface area (Å²) in [5.41, 5.74) is 0.556. The van der Waals surface area contributed by atoms with Gasteiger partial charge >= 0.3 is 5.82 Å².